The Morgan fingerprint density at radius 3 is 1.40 bits per heavy atom. The standard InChI is InChI=1S/C14H21NO2.C10H7NO2.C10H13NO2.C7H7NO3.2C7H7NO2.C6H5NO2.C5H4N2O2/c1-3-5-7-11(4-2)10-12-8-6-9-13(15-12)14(16)17;12-10(13)9-6-5-7-3-1-2-4-8(7)11-9;1-10(2,3)8-6-4-5-7(11-8)9(12)13;1-11-6-4-2-3-5(8-6)7(9)10;1-5-2-3-8-6(4-5)7(9)10;1-5-3-2-4-6(8-5)7(9)10;8-6(9)5-3-1-2-4-7-5;8-5(9)4-6-2-1-3-7-4/h6,8-9,11H,3-5,7,10H2,1-2H3,(H,16,17);1-6H,(H,12,13);4-6H,1-3H3,(H,12,13);2-4H,1H3,(H,9,10);2*2-4H,1H3,(H,9,10);1-4H,(H,8,9);1-3H,(H,8,9). The van der Waals surface area contributed by atoms with Crippen LogP contribution in [0.3, 0.4) is 0 Å². The Morgan fingerprint density at radius 1 is 0.446 bits per heavy atom. The lowest BCUT2D eigenvalue weighted by Gasteiger charge is -2.17. The number of fused-ring (bicyclic) bond motifs is 1. The first kappa shape index (κ1) is 76.3. The van der Waals surface area contributed by atoms with E-state index in [0.717, 1.165) is 40.9 Å². The molecular weight excluding hydrogens is 1190 g/mol. The van der Waals surface area contributed by atoms with Gasteiger partial charge in [0.2, 0.25) is 11.7 Å². The highest BCUT2D eigenvalue weighted by molar-refractivity contribution is 5.90. The van der Waals surface area contributed by atoms with Crippen LogP contribution in [-0.4, -0.2) is 141 Å². The molecule has 8 aromatic heterocycles. The summed E-state index contributed by atoms with van der Waals surface area (Å²) in [5, 5.41) is 69.2. The number of unbranched alkanes of at least 4 members (excludes halogenated alkanes) is 1. The second-order valence-corrected chi connectivity index (χ2v) is 19.9. The van der Waals surface area contributed by atoms with E-state index in [1.165, 1.54) is 87.6 Å². The van der Waals surface area contributed by atoms with Gasteiger partial charge in [-0.3, -0.25) is 0 Å². The van der Waals surface area contributed by atoms with Crippen LogP contribution in [-0.2, 0) is 11.8 Å². The first-order valence-electron chi connectivity index (χ1n) is 27.8. The van der Waals surface area contributed by atoms with Crippen LogP contribution in [0, 0.1) is 19.8 Å². The van der Waals surface area contributed by atoms with Crippen molar-refractivity contribution in [3.05, 3.63) is 239 Å². The molecule has 0 fully saturated rings. The molecule has 9 aromatic rings. The van der Waals surface area contributed by atoms with Crippen molar-refractivity contribution in [1.29, 1.82) is 0 Å². The lowest BCUT2D eigenvalue weighted by atomic mass is 9.91. The van der Waals surface area contributed by atoms with E-state index in [1.54, 1.807) is 85.8 Å². The molecular formula is C66H71N9O17. The number of aryl methyl sites for hydroxylation is 2. The number of nitrogens with zero attached hydrogens (tertiary/aromatic N) is 9. The third kappa shape index (κ3) is 30.2. The van der Waals surface area contributed by atoms with Gasteiger partial charge >= 0.3 is 47.8 Å². The number of para-hydroxylation sites is 1. The van der Waals surface area contributed by atoms with Gasteiger partial charge in [0, 0.05) is 58.7 Å². The Bertz CT molecular complexity index is 3730. The molecule has 0 aliphatic carbocycles. The number of methoxy groups -OCH3 is 1. The monoisotopic (exact) mass is 1260 g/mol. The highest BCUT2D eigenvalue weighted by Gasteiger charge is 2.17. The van der Waals surface area contributed by atoms with Gasteiger partial charge in [-0.15, -0.1) is 0 Å². The van der Waals surface area contributed by atoms with Crippen molar-refractivity contribution in [3.8, 4) is 5.88 Å². The Labute approximate surface area is 529 Å². The van der Waals surface area contributed by atoms with E-state index in [9.17, 15) is 38.4 Å². The van der Waals surface area contributed by atoms with E-state index < -0.39 is 47.8 Å². The van der Waals surface area contributed by atoms with Gasteiger partial charge in [-0.25, -0.2) is 83.2 Å². The highest BCUT2D eigenvalue weighted by Crippen LogP contribution is 2.20. The third-order valence-electron chi connectivity index (χ3n) is 11.7. The van der Waals surface area contributed by atoms with Crippen LogP contribution in [0.2, 0.25) is 0 Å². The molecule has 8 heterocycles. The summed E-state index contributed by atoms with van der Waals surface area (Å²) in [5.41, 5.74) is 4.53. The summed E-state index contributed by atoms with van der Waals surface area (Å²) < 4.78 is 4.73. The quantitative estimate of drug-likeness (QED) is 0.0472. The summed E-state index contributed by atoms with van der Waals surface area (Å²) in [6, 6.07) is 40.0. The summed E-state index contributed by atoms with van der Waals surface area (Å²) in [7, 11) is 1.44. The minimum absolute atomic E-state index is 0.00986. The summed E-state index contributed by atoms with van der Waals surface area (Å²) in [6.07, 6.45) is 11.4. The normalized spacial score (nSPS) is 10.2. The van der Waals surface area contributed by atoms with Crippen molar-refractivity contribution >= 4 is 58.7 Å². The minimum Gasteiger partial charge on any atom is -0.481 e. The molecule has 9 rings (SSSR count). The van der Waals surface area contributed by atoms with Crippen LogP contribution in [0.25, 0.3) is 10.9 Å². The van der Waals surface area contributed by atoms with Gasteiger partial charge in [0.15, 0.2) is 5.69 Å². The van der Waals surface area contributed by atoms with E-state index in [0.29, 0.717) is 17.3 Å². The summed E-state index contributed by atoms with van der Waals surface area (Å²) in [5.74, 6) is -7.28. The van der Waals surface area contributed by atoms with Crippen LogP contribution in [0.5, 0.6) is 5.88 Å². The Hall–Kier alpha value is -11.8. The van der Waals surface area contributed by atoms with E-state index >= 15 is 0 Å². The van der Waals surface area contributed by atoms with E-state index in [4.69, 9.17) is 45.6 Å². The molecule has 0 saturated carbocycles. The van der Waals surface area contributed by atoms with Crippen LogP contribution in [0.4, 0.5) is 0 Å². The maximum absolute atomic E-state index is 10.8. The number of hydrogen-bond donors (Lipinski definition) is 8. The van der Waals surface area contributed by atoms with Gasteiger partial charge in [0.05, 0.1) is 12.6 Å². The predicted octanol–water partition coefficient (Wildman–Crippen LogP) is 11.5. The molecule has 0 saturated heterocycles. The minimum atomic E-state index is -1.10. The van der Waals surface area contributed by atoms with Gasteiger partial charge in [-0.05, 0) is 117 Å². The lowest BCUT2D eigenvalue weighted by Crippen LogP contribution is -2.15. The molecule has 8 N–H and O–H groups in total. The highest BCUT2D eigenvalue weighted by atomic mass is 16.5. The fourth-order valence-corrected chi connectivity index (χ4v) is 6.97. The maximum Gasteiger partial charge on any atom is 0.373 e. The van der Waals surface area contributed by atoms with Gasteiger partial charge in [-0.2, -0.15) is 0 Å². The van der Waals surface area contributed by atoms with Gasteiger partial charge in [-0.1, -0.05) is 115 Å². The van der Waals surface area contributed by atoms with Crippen molar-refractivity contribution in [2.75, 3.05) is 7.11 Å². The molecule has 0 bridgehead atoms. The number of benzene rings is 1. The fourth-order valence-electron chi connectivity index (χ4n) is 6.97. The molecule has 482 valence electrons. The number of carboxylic acids is 8. The summed E-state index contributed by atoms with van der Waals surface area (Å²) in [6.45, 7) is 14.0. The molecule has 0 radical (unpaired) electrons. The zero-order valence-electron chi connectivity index (χ0n) is 51.6. The van der Waals surface area contributed by atoms with Crippen LogP contribution in [0.15, 0.2) is 170 Å². The van der Waals surface area contributed by atoms with Crippen LogP contribution < -0.4 is 4.74 Å². The summed E-state index contributed by atoms with van der Waals surface area (Å²) in [4.78, 5) is 117. The predicted molar refractivity (Wildman–Crippen MR) is 337 cm³/mol. The van der Waals surface area contributed by atoms with Crippen molar-refractivity contribution in [2.45, 2.75) is 86.0 Å². The molecule has 1 unspecified atom stereocenters. The largest absolute Gasteiger partial charge is 0.481 e. The number of pyridine rings is 7. The molecule has 1 atom stereocenters. The molecule has 0 aliphatic heterocycles. The second kappa shape index (κ2) is 40.6. The van der Waals surface area contributed by atoms with Gasteiger partial charge in [0.25, 0.3) is 0 Å². The average molecular weight is 1260 g/mol. The Morgan fingerprint density at radius 2 is 0.935 bits per heavy atom. The first-order chi connectivity index (χ1) is 43.6. The van der Waals surface area contributed by atoms with E-state index in [2.05, 4.69) is 58.7 Å². The van der Waals surface area contributed by atoms with Gasteiger partial charge in [0.1, 0.15) is 34.2 Å². The maximum atomic E-state index is 10.8. The average Bonchev–Trinajstić information content (AvgIpc) is 1.18. The zero-order chi connectivity index (χ0) is 68.8. The molecule has 0 aliphatic rings. The van der Waals surface area contributed by atoms with E-state index in [1.807, 2.05) is 58.0 Å². The number of rotatable bonds is 15. The van der Waals surface area contributed by atoms with Crippen molar-refractivity contribution < 1.29 is 83.9 Å². The van der Waals surface area contributed by atoms with Crippen molar-refractivity contribution in [1.82, 2.24) is 44.9 Å². The number of carboxylic acid groups (broad SMARTS) is 8. The number of aromatic carboxylic acids is 8. The van der Waals surface area contributed by atoms with Crippen LogP contribution >= 0.6 is 0 Å². The van der Waals surface area contributed by atoms with E-state index in [-0.39, 0.29) is 51.1 Å². The SMILES string of the molecule is CC(C)(C)c1cccc(C(=O)O)n1.CCCCC(CC)Cc1cccc(C(=O)O)n1.COc1cccc(C(=O)O)n1.Cc1cccc(C(=O)O)n1.Cc1ccnc(C(=O)O)c1.O=C(O)c1ccc2ccccc2n1.O=C(O)c1ccccn1.O=C(O)c1ncccn1. The molecule has 0 amide bonds. The number of hydrogen-bond acceptors (Lipinski definition) is 18. The molecule has 92 heavy (non-hydrogen) atoms. The zero-order valence-corrected chi connectivity index (χ0v) is 51.6. The van der Waals surface area contributed by atoms with Crippen LogP contribution in [0.1, 0.15) is 167 Å². The summed E-state index contributed by atoms with van der Waals surface area (Å²) >= 11 is 0. The Balaban J connectivity index is 0.000000361. The topological polar surface area (TPSA) is 424 Å². The molecule has 26 nitrogen and oxygen atoms in total. The lowest BCUT2D eigenvalue weighted by molar-refractivity contribution is 0.0673. The number of aromatic nitrogens is 9. The third-order valence-corrected chi connectivity index (χ3v) is 11.7. The molecule has 0 spiro atoms. The van der Waals surface area contributed by atoms with Gasteiger partial charge < -0.3 is 45.6 Å². The van der Waals surface area contributed by atoms with Crippen molar-refractivity contribution in [2.24, 2.45) is 5.92 Å². The molecule has 1 aromatic carbocycles. The second-order valence-electron chi connectivity index (χ2n) is 19.9. The molecule has 26 heteroatoms. The number of ether oxygens (including phenoxy) is 1. The Kier molecular flexibility index (Phi) is 33.7. The number of carbonyl (C=O) groups is 8. The smallest absolute Gasteiger partial charge is 0.373 e. The van der Waals surface area contributed by atoms with Crippen molar-refractivity contribution in [3.63, 3.8) is 0 Å². The fraction of sp³-hybridized carbons (Fsp3) is 0.227. The first-order valence-corrected chi connectivity index (χ1v) is 27.8.